The Morgan fingerprint density at radius 3 is 2.88 bits per heavy atom. The van der Waals surface area contributed by atoms with Crippen molar-refractivity contribution < 1.29 is 4.74 Å². The Morgan fingerprint density at radius 1 is 1.38 bits per heavy atom. The maximum atomic E-state index is 5.51. The Bertz CT molecular complexity index is 465. The normalized spacial score (nSPS) is 10.4. The second-order valence-electron chi connectivity index (χ2n) is 3.55. The van der Waals surface area contributed by atoms with Crippen molar-refractivity contribution in [2.45, 2.75) is 13.1 Å². The smallest absolute Gasteiger partial charge is 0.123 e. The summed E-state index contributed by atoms with van der Waals surface area (Å²) in [6.07, 6.45) is 3.74. The van der Waals surface area contributed by atoms with Gasteiger partial charge >= 0.3 is 0 Å². The van der Waals surface area contributed by atoms with E-state index in [0.29, 0.717) is 6.54 Å². The first kappa shape index (κ1) is 10.7. The zero-order chi connectivity index (χ0) is 11.4. The number of benzene rings is 1. The second kappa shape index (κ2) is 4.81. The van der Waals surface area contributed by atoms with E-state index in [2.05, 4.69) is 4.98 Å². The topological polar surface area (TPSA) is 53.1 Å². The van der Waals surface area contributed by atoms with Gasteiger partial charge in [0, 0.05) is 18.3 Å². The van der Waals surface area contributed by atoms with Crippen LogP contribution in [0, 0.1) is 0 Å². The Kier molecular flexibility index (Phi) is 3.22. The fourth-order valence-corrected chi connectivity index (χ4v) is 1.63. The highest BCUT2D eigenvalue weighted by Gasteiger charge is 2.03. The second-order valence-corrected chi connectivity index (χ2v) is 3.55. The largest absolute Gasteiger partial charge is 0.496 e. The predicted molar refractivity (Wildman–Crippen MR) is 62.2 cm³/mol. The molecule has 2 aromatic rings. The first-order chi connectivity index (χ1) is 7.83. The molecule has 0 radical (unpaired) electrons. The molecule has 2 N–H and O–H groups in total. The van der Waals surface area contributed by atoms with Crippen LogP contribution in [0.25, 0.3) is 0 Å². The van der Waals surface area contributed by atoms with Crippen molar-refractivity contribution in [2.75, 3.05) is 7.11 Å². The molecular formula is C12H15N3O. The molecule has 0 aliphatic rings. The monoisotopic (exact) mass is 217 g/mol. The van der Waals surface area contributed by atoms with Crippen LogP contribution in [0.1, 0.15) is 11.3 Å². The van der Waals surface area contributed by atoms with Crippen molar-refractivity contribution in [3.8, 4) is 5.75 Å². The van der Waals surface area contributed by atoms with E-state index in [4.69, 9.17) is 10.5 Å². The third kappa shape index (κ3) is 2.23. The van der Waals surface area contributed by atoms with Crippen LogP contribution in [0.4, 0.5) is 0 Å². The summed E-state index contributed by atoms with van der Waals surface area (Å²) in [6, 6.07) is 7.96. The molecule has 16 heavy (non-hydrogen) atoms. The van der Waals surface area contributed by atoms with Crippen molar-refractivity contribution >= 4 is 0 Å². The third-order valence-electron chi connectivity index (χ3n) is 2.44. The molecule has 0 amide bonds. The number of ether oxygens (including phenoxy) is 1. The fourth-order valence-electron chi connectivity index (χ4n) is 1.63. The summed E-state index contributed by atoms with van der Waals surface area (Å²) in [7, 11) is 1.68. The van der Waals surface area contributed by atoms with E-state index in [1.165, 1.54) is 0 Å². The molecule has 0 fully saturated rings. The Labute approximate surface area is 94.7 Å². The Hall–Kier alpha value is -1.81. The van der Waals surface area contributed by atoms with Crippen LogP contribution in [0.15, 0.2) is 36.8 Å². The standard InChI is InChI=1S/C12H15N3O/c1-16-12-5-3-2-4-10(12)7-15-8-11(6-13)14-9-15/h2-5,8-9H,6-7,13H2,1H3. The predicted octanol–water partition coefficient (Wildman–Crippen LogP) is 1.40. The SMILES string of the molecule is COc1ccccc1Cn1cnc(CN)c1. The van der Waals surface area contributed by atoms with Crippen LogP contribution in [-0.4, -0.2) is 16.7 Å². The summed E-state index contributed by atoms with van der Waals surface area (Å²) >= 11 is 0. The molecule has 0 spiro atoms. The number of hydrogen-bond acceptors (Lipinski definition) is 3. The average Bonchev–Trinajstić information content (AvgIpc) is 2.77. The molecule has 4 heteroatoms. The van der Waals surface area contributed by atoms with Crippen LogP contribution in [-0.2, 0) is 13.1 Å². The minimum Gasteiger partial charge on any atom is -0.496 e. The van der Waals surface area contributed by atoms with E-state index in [0.717, 1.165) is 23.6 Å². The van der Waals surface area contributed by atoms with Crippen molar-refractivity contribution in [1.82, 2.24) is 9.55 Å². The van der Waals surface area contributed by atoms with Crippen LogP contribution in [0.3, 0.4) is 0 Å². The molecule has 0 aliphatic heterocycles. The lowest BCUT2D eigenvalue weighted by atomic mass is 10.2. The number of para-hydroxylation sites is 1. The van der Waals surface area contributed by atoms with Crippen molar-refractivity contribution in [2.24, 2.45) is 5.73 Å². The molecule has 1 heterocycles. The number of imidazole rings is 1. The molecule has 0 bridgehead atoms. The fraction of sp³-hybridized carbons (Fsp3) is 0.250. The average molecular weight is 217 g/mol. The van der Waals surface area contributed by atoms with Gasteiger partial charge < -0.3 is 15.0 Å². The van der Waals surface area contributed by atoms with Gasteiger partial charge in [-0.15, -0.1) is 0 Å². The van der Waals surface area contributed by atoms with Crippen molar-refractivity contribution in [1.29, 1.82) is 0 Å². The van der Waals surface area contributed by atoms with Crippen LogP contribution in [0.2, 0.25) is 0 Å². The molecule has 4 nitrogen and oxygen atoms in total. The van der Waals surface area contributed by atoms with Gasteiger partial charge in [-0.3, -0.25) is 0 Å². The van der Waals surface area contributed by atoms with Crippen LogP contribution in [0.5, 0.6) is 5.75 Å². The number of rotatable bonds is 4. The first-order valence-corrected chi connectivity index (χ1v) is 5.16. The molecule has 1 aromatic carbocycles. The lowest BCUT2D eigenvalue weighted by molar-refractivity contribution is 0.408. The van der Waals surface area contributed by atoms with Gasteiger partial charge in [-0.1, -0.05) is 18.2 Å². The van der Waals surface area contributed by atoms with Gasteiger partial charge in [0.2, 0.25) is 0 Å². The molecule has 1 aromatic heterocycles. The minimum absolute atomic E-state index is 0.471. The summed E-state index contributed by atoms with van der Waals surface area (Å²) < 4.78 is 7.29. The summed E-state index contributed by atoms with van der Waals surface area (Å²) in [6.45, 7) is 1.22. The Morgan fingerprint density at radius 2 is 2.19 bits per heavy atom. The highest BCUT2D eigenvalue weighted by molar-refractivity contribution is 5.33. The molecule has 0 atom stereocenters. The van der Waals surface area contributed by atoms with Crippen molar-refractivity contribution in [3.63, 3.8) is 0 Å². The number of nitrogens with zero attached hydrogens (tertiary/aromatic N) is 2. The molecule has 2 rings (SSSR count). The molecule has 0 unspecified atom stereocenters. The molecule has 84 valence electrons. The van der Waals surface area contributed by atoms with Gasteiger partial charge in [0.25, 0.3) is 0 Å². The van der Waals surface area contributed by atoms with E-state index < -0.39 is 0 Å². The van der Waals surface area contributed by atoms with E-state index >= 15 is 0 Å². The third-order valence-corrected chi connectivity index (χ3v) is 2.44. The lowest BCUT2D eigenvalue weighted by Gasteiger charge is -2.08. The van der Waals surface area contributed by atoms with E-state index in [9.17, 15) is 0 Å². The quantitative estimate of drug-likeness (QED) is 0.842. The van der Waals surface area contributed by atoms with Gasteiger partial charge in [-0.25, -0.2) is 4.98 Å². The number of aromatic nitrogens is 2. The summed E-state index contributed by atoms with van der Waals surface area (Å²) in [4.78, 5) is 4.18. The van der Waals surface area contributed by atoms with Gasteiger partial charge in [0.05, 0.1) is 25.7 Å². The summed E-state index contributed by atoms with van der Waals surface area (Å²) in [5.74, 6) is 0.894. The van der Waals surface area contributed by atoms with Gasteiger partial charge in [-0.05, 0) is 6.07 Å². The van der Waals surface area contributed by atoms with E-state index in [1.807, 2.05) is 35.0 Å². The molecular weight excluding hydrogens is 202 g/mol. The van der Waals surface area contributed by atoms with Crippen LogP contribution >= 0.6 is 0 Å². The Balaban J connectivity index is 2.19. The minimum atomic E-state index is 0.471. The maximum absolute atomic E-state index is 5.51. The van der Waals surface area contributed by atoms with E-state index in [1.54, 1.807) is 13.4 Å². The zero-order valence-electron chi connectivity index (χ0n) is 9.26. The first-order valence-electron chi connectivity index (χ1n) is 5.16. The molecule has 0 saturated heterocycles. The zero-order valence-corrected chi connectivity index (χ0v) is 9.26. The van der Waals surface area contributed by atoms with Gasteiger partial charge in [-0.2, -0.15) is 0 Å². The summed E-state index contributed by atoms with van der Waals surface area (Å²) in [5.41, 5.74) is 7.54. The molecule has 0 saturated carbocycles. The summed E-state index contributed by atoms with van der Waals surface area (Å²) in [5, 5.41) is 0. The highest BCUT2D eigenvalue weighted by atomic mass is 16.5. The van der Waals surface area contributed by atoms with Gasteiger partial charge in [0.1, 0.15) is 5.75 Å². The molecule has 0 aliphatic carbocycles. The van der Waals surface area contributed by atoms with Crippen molar-refractivity contribution in [3.05, 3.63) is 48.0 Å². The van der Waals surface area contributed by atoms with E-state index in [-0.39, 0.29) is 0 Å². The lowest BCUT2D eigenvalue weighted by Crippen LogP contribution is -2.00. The number of hydrogen-bond donors (Lipinski definition) is 1. The number of methoxy groups -OCH3 is 1. The van der Waals surface area contributed by atoms with Gasteiger partial charge in [0.15, 0.2) is 0 Å². The number of nitrogens with two attached hydrogens (primary N) is 1. The maximum Gasteiger partial charge on any atom is 0.123 e. The van der Waals surface area contributed by atoms with Crippen LogP contribution < -0.4 is 10.5 Å². The highest BCUT2D eigenvalue weighted by Crippen LogP contribution is 2.18.